The third kappa shape index (κ3) is 1.90. The van der Waals surface area contributed by atoms with Gasteiger partial charge in [0.1, 0.15) is 11.5 Å². The third-order valence-electron chi connectivity index (χ3n) is 4.01. The summed E-state index contributed by atoms with van der Waals surface area (Å²) in [6, 6.07) is 0. The highest BCUT2D eigenvalue weighted by atomic mass is 15.1. The van der Waals surface area contributed by atoms with Gasteiger partial charge in [-0.05, 0) is 25.7 Å². The molecule has 1 saturated carbocycles. The molecule has 1 aliphatic carbocycles. The average Bonchev–Trinajstić information content (AvgIpc) is 2.85. The molecule has 4 heteroatoms. The van der Waals surface area contributed by atoms with Crippen LogP contribution in [0.4, 0.5) is 0 Å². The van der Waals surface area contributed by atoms with Gasteiger partial charge in [0.05, 0.1) is 5.69 Å². The summed E-state index contributed by atoms with van der Waals surface area (Å²) >= 11 is 0. The summed E-state index contributed by atoms with van der Waals surface area (Å²) in [5.74, 6) is 1.61. The van der Waals surface area contributed by atoms with E-state index in [0.717, 1.165) is 17.2 Å². The molecule has 0 bridgehead atoms. The number of rotatable bonds is 2. The van der Waals surface area contributed by atoms with Gasteiger partial charge >= 0.3 is 0 Å². The zero-order valence-corrected chi connectivity index (χ0v) is 10.9. The van der Waals surface area contributed by atoms with Crippen LogP contribution in [0.3, 0.4) is 0 Å². The second kappa shape index (κ2) is 4.69. The second-order valence-electron chi connectivity index (χ2n) is 5.23. The molecule has 2 aromatic heterocycles. The van der Waals surface area contributed by atoms with E-state index in [9.17, 15) is 0 Å². The maximum atomic E-state index is 5.70. The number of fused-ring (bicyclic) bond motifs is 1. The van der Waals surface area contributed by atoms with Gasteiger partial charge in [-0.1, -0.05) is 19.3 Å². The second-order valence-corrected chi connectivity index (χ2v) is 5.23. The van der Waals surface area contributed by atoms with Crippen LogP contribution in [0.1, 0.15) is 55.1 Å². The Hall–Kier alpha value is -1.42. The van der Waals surface area contributed by atoms with E-state index in [-0.39, 0.29) is 0 Å². The Morgan fingerprint density at radius 3 is 2.83 bits per heavy atom. The summed E-state index contributed by atoms with van der Waals surface area (Å²) in [5.41, 5.74) is 9.01. The minimum absolute atomic E-state index is 0.491. The van der Waals surface area contributed by atoms with Gasteiger partial charge in [-0.3, -0.25) is 4.40 Å². The Labute approximate surface area is 107 Å². The molecule has 1 fully saturated rings. The van der Waals surface area contributed by atoms with Gasteiger partial charge in [0.25, 0.3) is 0 Å². The summed E-state index contributed by atoms with van der Waals surface area (Å²) in [7, 11) is 0. The molecule has 0 aromatic carbocycles. The lowest BCUT2D eigenvalue weighted by atomic mass is 9.85. The van der Waals surface area contributed by atoms with Crippen LogP contribution in [0.5, 0.6) is 0 Å². The van der Waals surface area contributed by atoms with Gasteiger partial charge < -0.3 is 5.73 Å². The van der Waals surface area contributed by atoms with E-state index in [1.54, 1.807) is 0 Å². The van der Waals surface area contributed by atoms with Crippen LogP contribution in [0.25, 0.3) is 5.65 Å². The first-order chi connectivity index (χ1) is 8.79. The van der Waals surface area contributed by atoms with Crippen molar-refractivity contribution in [3.05, 3.63) is 29.5 Å². The van der Waals surface area contributed by atoms with Crippen LogP contribution < -0.4 is 5.73 Å². The van der Waals surface area contributed by atoms with Crippen molar-refractivity contribution in [1.82, 2.24) is 14.4 Å². The monoisotopic (exact) mass is 244 g/mol. The summed E-state index contributed by atoms with van der Waals surface area (Å²) < 4.78 is 2.09. The molecule has 2 aromatic rings. The van der Waals surface area contributed by atoms with Crippen LogP contribution in [0, 0.1) is 6.92 Å². The van der Waals surface area contributed by atoms with E-state index in [1.807, 2.05) is 19.3 Å². The highest BCUT2D eigenvalue weighted by Crippen LogP contribution is 2.34. The van der Waals surface area contributed by atoms with Crippen molar-refractivity contribution in [3.63, 3.8) is 0 Å². The van der Waals surface area contributed by atoms with E-state index in [1.165, 1.54) is 37.7 Å². The van der Waals surface area contributed by atoms with Crippen LogP contribution >= 0.6 is 0 Å². The van der Waals surface area contributed by atoms with Crippen LogP contribution in [0.2, 0.25) is 0 Å². The van der Waals surface area contributed by atoms with Crippen molar-refractivity contribution in [3.8, 4) is 0 Å². The zero-order chi connectivity index (χ0) is 12.5. The Morgan fingerprint density at radius 1 is 1.33 bits per heavy atom. The molecular weight excluding hydrogens is 224 g/mol. The van der Waals surface area contributed by atoms with Gasteiger partial charge in [0.15, 0.2) is 0 Å². The maximum Gasteiger partial charge on any atom is 0.143 e. The normalized spacial score (nSPS) is 17.4. The number of hydrogen-bond acceptors (Lipinski definition) is 3. The molecule has 0 atom stereocenters. The van der Waals surface area contributed by atoms with E-state index < -0.39 is 0 Å². The number of hydrogen-bond donors (Lipinski definition) is 1. The van der Waals surface area contributed by atoms with Crippen molar-refractivity contribution in [2.45, 2.75) is 51.5 Å². The fourth-order valence-corrected chi connectivity index (χ4v) is 2.96. The highest BCUT2D eigenvalue weighted by molar-refractivity contribution is 5.50. The van der Waals surface area contributed by atoms with E-state index in [4.69, 9.17) is 5.73 Å². The molecule has 0 spiro atoms. The minimum Gasteiger partial charge on any atom is -0.325 e. The molecule has 0 radical (unpaired) electrons. The van der Waals surface area contributed by atoms with Crippen molar-refractivity contribution >= 4 is 5.65 Å². The van der Waals surface area contributed by atoms with Crippen LogP contribution in [0.15, 0.2) is 12.4 Å². The number of nitrogens with zero attached hydrogens (tertiary/aromatic N) is 3. The van der Waals surface area contributed by atoms with E-state index in [0.29, 0.717) is 12.5 Å². The molecule has 96 valence electrons. The SMILES string of the molecule is Cc1ncc(C2CCCCC2)c2nc(CN)cn12. The van der Waals surface area contributed by atoms with Crippen molar-refractivity contribution in [2.24, 2.45) is 5.73 Å². The Morgan fingerprint density at radius 2 is 2.11 bits per heavy atom. The average molecular weight is 244 g/mol. The molecule has 2 heterocycles. The molecule has 0 saturated heterocycles. The molecule has 2 N–H and O–H groups in total. The molecule has 4 nitrogen and oxygen atoms in total. The Balaban J connectivity index is 2.10. The zero-order valence-electron chi connectivity index (χ0n) is 10.9. The largest absolute Gasteiger partial charge is 0.325 e. The lowest BCUT2D eigenvalue weighted by molar-refractivity contribution is 0.443. The standard InChI is InChI=1S/C14H20N4/c1-10-16-8-13(11-5-3-2-4-6-11)14-17-12(7-15)9-18(10)14/h8-9,11H,2-7,15H2,1H3. The van der Waals surface area contributed by atoms with Gasteiger partial charge in [0.2, 0.25) is 0 Å². The highest BCUT2D eigenvalue weighted by Gasteiger charge is 2.20. The first-order valence-corrected chi connectivity index (χ1v) is 6.83. The molecule has 3 rings (SSSR count). The lowest BCUT2D eigenvalue weighted by Crippen LogP contribution is -2.08. The maximum absolute atomic E-state index is 5.70. The molecule has 1 aliphatic rings. The van der Waals surface area contributed by atoms with Crippen molar-refractivity contribution in [2.75, 3.05) is 0 Å². The fourth-order valence-electron chi connectivity index (χ4n) is 2.96. The van der Waals surface area contributed by atoms with Crippen LogP contribution in [-0.2, 0) is 6.54 Å². The van der Waals surface area contributed by atoms with Crippen molar-refractivity contribution < 1.29 is 0 Å². The Kier molecular flexibility index (Phi) is 3.04. The summed E-state index contributed by atoms with van der Waals surface area (Å²) in [6.07, 6.45) is 10.6. The fraction of sp³-hybridized carbons (Fsp3) is 0.571. The molecule has 0 aliphatic heterocycles. The third-order valence-corrected chi connectivity index (χ3v) is 4.01. The first kappa shape index (κ1) is 11.7. The van der Waals surface area contributed by atoms with Gasteiger partial charge in [0, 0.05) is 24.5 Å². The minimum atomic E-state index is 0.491. The predicted octanol–water partition coefficient (Wildman–Crippen LogP) is 2.54. The number of nitrogens with two attached hydrogens (primary N) is 1. The molecule has 0 amide bonds. The number of aryl methyl sites for hydroxylation is 1. The van der Waals surface area contributed by atoms with Crippen LogP contribution in [-0.4, -0.2) is 14.4 Å². The molecule has 0 unspecified atom stereocenters. The summed E-state index contributed by atoms with van der Waals surface area (Å²) in [6.45, 7) is 2.50. The number of aromatic nitrogens is 3. The topological polar surface area (TPSA) is 56.2 Å². The van der Waals surface area contributed by atoms with Crippen molar-refractivity contribution in [1.29, 1.82) is 0 Å². The van der Waals surface area contributed by atoms with Gasteiger partial charge in [-0.15, -0.1) is 0 Å². The number of imidazole rings is 1. The van der Waals surface area contributed by atoms with E-state index in [2.05, 4.69) is 14.4 Å². The quantitative estimate of drug-likeness (QED) is 0.883. The first-order valence-electron chi connectivity index (χ1n) is 6.83. The van der Waals surface area contributed by atoms with E-state index >= 15 is 0 Å². The van der Waals surface area contributed by atoms with Gasteiger partial charge in [-0.25, -0.2) is 9.97 Å². The molecular formula is C14H20N4. The molecule has 18 heavy (non-hydrogen) atoms. The summed E-state index contributed by atoms with van der Waals surface area (Å²) in [5, 5.41) is 0. The summed E-state index contributed by atoms with van der Waals surface area (Å²) in [4.78, 5) is 9.18. The smallest absolute Gasteiger partial charge is 0.143 e. The predicted molar refractivity (Wildman–Crippen MR) is 71.4 cm³/mol. The lowest BCUT2D eigenvalue weighted by Gasteiger charge is -2.22. The Bertz CT molecular complexity index is 552. The van der Waals surface area contributed by atoms with Gasteiger partial charge in [-0.2, -0.15) is 0 Å².